The number of ketones is 1. The minimum atomic E-state index is -0.858. The van der Waals surface area contributed by atoms with Crippen molar-refractivity contribution < 1.29 is 34.7 Å². The van der Waals surface area contributed by atoms with Crippen LogP contribution in [0.3, 0.4) is 0 Å². The lowest BCUT2D eigenvalue weighted by atomic mass is 9.85. The average molecular weight is 535 g/mol. The van der Waals surface area contributed by atoms with E-state index in [9.17, 15) is 25.2 Å². The summed E-state index contributed by atoms with van der Waals surface area (Å²) in [6, 6.07) is 16.8. The topological polar surface area (TPSA) is 116 Å². The molecule has 2 atom stereocenters. The molecule has 0 bridgehead atoms. The van der Waals surface area contributed by atoms with Crippen molar-refractivity contribution >= 4 is 5.78 Å². The van der Waals surface area contributed by atoms with Gasteiger partial charge in [0.1, 0.15) is 11.5 Å². The molecule has 3 aromatic rings. The molecule has 39 heavy (non-hydrogen) atoms. The monoisotopic (exact) mass is 534 g/mol. The van der Waals surface area contributed by atoms with Crippen LogP contribution in [0.15, 0.2) is 60.7 Å². The zero-order chi connectivity index (χ0) is 27.8. The molecular formula is C32H38O7. The van der Waals surface area contributed by atoms with Crippen molar-refractivity contribution in [3.8, 4) is 28.7 Å². The summed E-state index contributed by atoms with van der Waals surface area (Å²) in [7, 11) is 1.46. The Bertz CT molecular complexity index is 1250. The van der Waals surface area contributed by atoms with E-state index in [-0.39, 0.29) is 35.6 Å². The van der Waals surface area contributed by atoms with Crippen molar-refractivity contribution in [1.82, 2.24) is 0 Å². The van der Waals surface area contributed by atoms with Gasteiger partial charge in [0.05, 0.1) is 19.3 Å². The van der Waals surface area contributed by atoms with Crippen molar-refractivity contribution in [2.45, 2.75) is 75.9 Å². The lowest BCUT2D eigenvalue weighted by molar-refractivity contribution is -0.122. The number of aliphatic hydroxyl groups excluding tert-OH is 1. The molecule has 0 aliphatic heterocycles. The Morgan fingerprint density at radius 3 is 2.31 bits per heavy atom. The third-order valence-corrected chi connectivity index (χ3v) is 7.42. The Hall–Kier alpha value is -3.71. The first-order valence-corrected chi connectivity index (χ1v) is 13.7. The highest BCUT2D eigenvalue weighted by Crippen LogP contribution is 2.33. The molecule has 0 radical (unpaired) electrons. The molecule has 1 aliphatic carbocycles. The van der Waals surface area contributed by atoms with Crippen LogP contribution in [0.4, 0.5) is 0 Å². The average Bonchev–Trinajstić information content (AvgIpc) is 2.93. The summed E-state index contributed by atoms with van der Waals surface area (Å²) < 4.78 is 11.3. The minimum Gasteiger partial charge on any atom is -0.508 e. The molecular weight excluding hydrogens is 496 g/mol. The standard InChI is InChI=1S/C32H38O7/c1-38-31-18-22(12-15-28(31)35)16-27(23-6-5-7-24(33)19-23)30(37)20-25(34)13-10-21-11-14-29(36)32(17-21)39-26-8-3-2-4-9-26/h5-7,11-12,14-15,17-19,25-27,33-36H,2-4,8-10,13,16,20H2,1H3/t25-,27-/m0/s1. The van der Waals surface area contributed by atoms with Gasteiger partial charge in [0.2, 0.25) is 0 Å². The number of methoxy groups -OCH3 is 1. The maximum Gasteiger partial charge on any atom is 0.161 e. The Labute approximate surface area is 229 Å². The Morgan fingerprint density at radius 2 is 1.59 bits per heavy atom. The summed E-state index contributed by atoms with van der Waals surface area (Å²) in [4.78, 5) is 13.4. The lowest BCUT2D eigenvalue weighted by Crippen LogP contribution is -2.22. The van der Waals surface area contributed by atoms with Crippen LogP contribution >= 0.6 is 0 Å². The Balaban J connectivity index is 1.41. The number of hydrogen-bond donors (Lipinski definition) is 4. The summed E-state index contributed by atoms with van der Waals surface area (Å²) >= 11 is 0. The number of benzene rings is 3. The molecule has 7 nitrogen and oxygen atoms in total. The van der Waals surface area contributed by atoms with Gasteiger partial charge in [0, 0.05) is 12.3 Å². The second kappa shape index (κ2) is 13.4. The number of aromatic hydroxyl groups is 3. The van der Waals surface area contributed by atoms with Gasteiger partial charge in [-0.2, -0.15) is 0 Å². The second-order valence-electron chi connectivity index (χ2n) is 10.4. The van der Waals surface area contributed by atoms with Crippen LogP contribution in [0.2, 0.25) is 0 Å². The Morgan fingerprint density at radius 1 is 0.897 bits per heavy atom. The van der Waals surface area contributed by atoms with E-state index in [4.69, 9.17) is 9.47 Å². The summed E-state index contributed by atoms with van der Waals surface area (Å²) in [5, 5.41) is 41.0. The summed E-state index contributed by atoms with van der Waals surface area (Å²) in [6.07, 6.45) is 5.91. The van der Waals surface area contributed by atoms with E-state index in [1.807, 2.05) is 12.1 Å². The molecule has 4 rings (SSSR count). The molecule has 7 heteroatoms. The van der Waals surface area contributed by atoms with Crippen LogP contribution in [0.25, 0.3) is 0 Å². The number of carbonyl (C=O) groups is 1. The first kappa shape index (κ1) is 28.3. The molecule has 0 saturated heterocycles. The highest BCUT2D eigenvalue weighted by Gasteiger charge is 2.25. The van der Waals surface area contributed by atoms with Gasteiger partial charge < -0.3 is 29.9 Å². The maximum atomic E-state index is 13.4. The third-order valence-electron chi connectivity index (χ3n) is 7.42. The molecule has 208 valence electrons. The van der Waals surface area contributed by atoms with E-state index < -0.39 is 12.0 Å². The van der Waals surface area contributed by atoms with Gasteiger partial charge in [-0.15, -0.1) is 0 Å². The van der Waals surface area contributed by atoms with Crippen LogP contribution in [-0.4, -0.2) is 45.5 Å². The fraction of sp³-hybridized carbons (Fsp3) is 0.406. The molecule has 3 aromatic carbocycles. The lowest BCUT2D eigenvalue weighted by Gasteiger charge is -2.23. The second-order valence-corrected chi connectivity index (χ2v) is 10.4. The van der Waals surface area contributed by atoms with E-state index in [2.05, 4.69) is 0 Å². The van der Waals surface area contributed by atoms with Gasteiger partial charge in [-0.25, -0.2) is 0 Å². The fourth-order valence-corrected chi connectivity index (χ4v) is 5.22. The quantitative estimate of drug-likeness (QED) is 0.232. The predicted octanol–water partition coefficient (Wildman–Crippen LogP) is 5.80. The van der Waals surface area contributed by atoms with Gasteiger partial charge in [-0.05, 0) is 98.0 Å². The highest BCUT2D eigenvalue weighted by atomic mass is 16.5. The van der Waals surface area contributed by atoms with E-state index in [0.29, 0.717) is 36.3 Å². The molecule has 0 amide bonds. The molecule has 4 N–H and O–H groups in total. The SMILES string of the molecule is COc1cc(C[C@H](C(=O)C[C@@H](O)CCc2ccc(O)c(OC3CCCCC3)c2)c2cccc(O)c2)ccc1O. The maximum absolute atomic E-state index is 13.4. The van der Waals surface area contributed by atoms with Crippen molar-refractivity contribution in [3.63, 3.8) is 0 Å². The number of aryl methyl sites for hydroxylation is 1. The highest BCUT2D eigenvalue weighted by molar-refractivity contribution is 5.86. The van der Waals surface area contributed by atoms with Crippen LogP contribution in [-0.2, 0) is 17.6 Å². The first-order chi connectivity index (χ1) is 18.8. The summed E-state index contributed by atoms with van der Waals surface area (Å²) in [5.74, 6) is 0.233. The zero-order valence-electron chi connectivity index (χ0n) is 22.4. The number of rotatable bonds is 12. The number of ether oxygens (including phenoxy) is 2. The fourth-order valence-electron chi connectivity index (χ4n) is 5.22. The Kier molecular flexibility index (Phi) is 9.71. The largest absolute Gasteiger partial charge is 0.508 e. The molecule has 1 fully saturated rings. The smallest absolute Gasteiger partial charge is 0.161 e. The van der Waals surface area contributed by atoms with Crippen molar-refractivity contribution in [3.05, 3.63) is 77.4 Å². The van der Waals surface area contributed by atoms with Crippen LogP contribution < -0.4 is 9.47 Å². The van der Waals surface area contributed by atoms with Gasteiger partial charge in [-0.3, -0.25) is 4.79 Å². The number of phenolic OH excluding ortho intramolecular Hbond substituents is 3. The molecule has 0 aromatic heterocycles. The summed E-state index contributed by atoms with van der Waals surface area (Å²) in [6.45, 7) is 0. The number of aliphatic hydroxyl groups is 1. The van der Waals surface area contributed by atoms with Gasteiger partial charge in [0.15, 0.2) is 23.0 Å². The molecule has 0 heterocycles. The molecule has 1 aliphatic rings. The van der Waals surface area contributed by atoms with Gasteiger partial charge in [0.25, 0.3) is 0 Å². The number of phenols is 3. The van der Waals surface area contributed by atoms with Crippen molar-refractivity contribution in [2.24, 2.45) is 0 Å². The predicted molar refractivity (Wildman–Crippen MR) is 149 cm³/mol. The molecule has 0 unspecified atom stereocenters. The molecule has 0 spiro atoms. The van der Waals surface area contributed by atoms with E-state index in [1.54, 1.807) is 42.5 Å². The zero-order valence-corrected chi connectivity index (χ0v) is 22.4. The van der Waals surface area contributed by atoms with Crippen molar-refractivity contribution in [2.75, 3.05) is 7.11 Å². The van der Waals surface area contributed by atoms with E-state index >= 15 is 0 Å². The summed E-state index contributed by atoms with van der Waals surface area (Å²) in [5.41, 5.74) is 2.36. The number of carbonyl (C=O) groups excluding carboxylic acids is 1. The third kappa shape index (κ3) is 7.90. The molecule has 1 saturated carbocycles. The van der Waals surface area contributed by atoms with Gasteiger partial charge >= 0.3 is 0 Å². The van der Waals surface area contributed by atoms with Gasteiger partial charge in [-0.1, -0.05) is 30.7 Å². The minimum absolute atomic E-state index is 0.0124. The normalized spacial score (nSPS) is 15.4. The van der Waals surface area contributed by atoms with Crippen LogP contribution in [0.5, 0.6) is 28.7 Å². The van der Waals surface area contributed by atoms with E-state index in [1.165, 1.54) is 19.6 Å². The van der Waals surface area contributed by atoms with Crippen LogP contribution in [0, 0.1) is 0 Å². The van der Waals surface area contributed by atoms with E-state index in [0.717, 1.165) is 36.8 Å². The first-order valence-electron chi connectivity index (χ1n) is 13.7. The van der Waals surface area contributed by atoms with Crippen molar-refractivity contribution in [1.29, 1.82) is 0 Å². The number of Topliss-reactive ketones (excluding diaryl/α,β-unsaturated/α-hetero) is 1. The van der Waals surface area contributed by atoms with Crippen LogP contribution in [0.1, 0.15) is 67.6 Å². The number of hydrogen-bond acceptors (Lipinski definition) is 7.